The number of alkyl halides is 3. The minimum Gasteiger partial charge on any atom is -0.475 e. The quantitative estimate of drug-likeness (QED) is 0.358. The monoisotopic (exact) mass is 414 g/mol. The number of benzene rings is 2. The van der Waals surface area contributed by atoms with E-state index in [0.717, 1.165) is 33.9 Å². The zero-order valence-corrected chi connectivity index (χ0v) is 15.7. The smallest absolute Gasteiger partial charge is 0.475 e. The van der Waals surface area contributed by atoms with E-state index in [0.29, 0.717) is 5.95 Å². The fourth-order valence-electron chi connectivity index (χ4n) is 2.53. The van der Waals surface area contributed by atoms with Crippen molar-refractivity contribution >= 4 is 41.3 Å². The SMILES string of the molecule is Cc1cnc2nc1Nc1cccc(c1)/C=C\c1cccc(c1)N2.O=C(O)C(F)(F)F. The maximum Gasteiger partial charge on any atom is 0.490 e. The lowest BCUT2D eigenvalue weighted by molar-refractivity contribution is -0.192. The van der Waals surface area contributed by atoms with E-state index in [4.69, 9.17) is 9.90 Å². The van der Waals surface area contributed by atoms with Gasteiger partial charge >= 0.3 is 12.1 Å². The van der Waals surface area contributed by atoms with Crippen LogP contribution in [0.4, 0.5) is 36.3 Å². The van der Waals surface area contributed by atoms with E-state index in [1.807, 2.05) is 37.4 Å². The highest BCUT2D eigenvalue weighted by Crippen LogP contribution is 2.24. The Morgan fingerprint density at radius 2 is 1.50 bits per heavy atom. The summed E-state index contributed by atoms with van der Waals surface area (Å²) in [6, 6.07) is 16.4. The topological polar surface area (TPSA) is 87.1 Å². The van der Waals surface area contributed by atoms with Gasteiger partial charge in [-0.15, -0.1) is 0 Å². The number of nitrogens with zero attached hydrogens (tertiary/aromatic N) is 2. The van der Waals surface area contributed by atoms with Crippen molar-refractivity contribution in [3.63, 3.8) is 0 Å². The minimum absolute atomic E-state index is 0.578. The van der Waals surface area contributed by atoms with Crippen LogP contribution in [-0.2, 0) is 4.79 Å². The molecule has 1 aromatic heterocycles. The molecule has 0 radical (unpaired) electrons. The highest BCUT2D eigenvalue weighted by molar-refractivity contribution is 5.75. The standard InChI is InChI=1S/C19H16N4.C2HF3O2/c1-13-12-20-19-22-17-7-3-5-15(11-17)9-8-14-4-2-6-16(10-14)21-18(13)23-19;3-2(4,5)1(6)7/h2-12H,1H3,(H2,20,21,22,23);(H,6,7)/b9-8-;. The number of hydrogen-bond acceptors (Lipinski definition) is 5. The maximum atomic E-state index is 10.6. The molecule has 0 saturated carbocycles. The molecule has 30 heavy (non-hydrogen) atoms. The molecule has 1 aliphatic rings. The molecular formula is C21H17F3N4O2. The number of carboxylic acids is 1. The van der Waals surface area contributed by atoms with Crippen molar-refractivity contribution in [2.75, 3.05) is 10.6 Å². The number of carboxylic acid groups (broad SMARTS) is 1. The summed E-state index contributed by atoms with van der Waals surface area (Å²) in [5, 5.41) is 13.8. The van der Waals surface area contributed by atoms with E-state index >= 15 is 0 Å². The Morgan fingerprint density at radius 1 is 0.967 bits per heavy atom. The van der Waals surface area contributed by atoms with Crippen molar-refractivity contribution in [3.05, 3.63) is 71.4 Å². The van der Waals surface area contributed by atoms with E-state index in [2.05, 4.69) is 57.0 Å². The second kappa shape index (κ2) is 8.64. The van der Waals surface area contributed by atoms with Crippen LogP contribution in [0.2, 0.25) is 0 Å². The van der Waals surface area contributed by atoms with Gasteiger partial charge in [0, 0.05) is 23.1 Å². The van der Waals surface area contributed by atoms with Crippen molar-refractivity contribution in [1.82, 2.24) is 9.97 Å². The number of carbonyl (C=O) groups is 1. The van der Waals surface area contributed by atoms with Crippen LogP contribution in [0.5, 0.6) is 0 Å². The Bertz CT molecular complexity index is 1100. The average molecular weight is 414 g/mol. The Labute approximate surface area is 170 Å². The second-order valence-corrected chi connectivity index (χ2v) is 6.36. The molecule has 154 valence electrons. The molecule has 0 unspecified atom stereocenters. The molecule has 3 aromatic rings. The Morgan fingerprint density at radius 3 is 2.03 bits per heavy atom. The first-order chi connectivity index (χ1) is 14.2. The molecule has 0 aliphatic carbocycles. The molecule has 0 amide bonds. The fraction of sp³-hybridized carbons (Fsp3) is 0.0952. The maximum absolute atomic E-state index is 10.6. The molecule has 6 nitrogen and oxygen atoms in total. The van der Waals surface area contributed by atoms with Gasteiger partial charge in [0.2, 0.25) is 5.95 Å². The van der Waals surface area contributed by atoms with E-state index in [1.54, 1.807) is 0 Å². The van der Waals surface area contributed by atoms with Gasteiger partial charge in [-0.1, -0.05) is 36.4 Å². The predicted molar refractivity (Wildman–Crippen MR) is 109 cm³/mol. The summed E-state index contributed by atoms with van der Waals surface area (Å²) >= 11 is 0. The molecule has 4 rings (SSSR count). The summed E-state index contributed by atoms with van der Waals surface area (Å²) in [6.07, 6.45) is 0.948. The fourth-order valence-corrected chi connectivity index (χ4v) is 2.53. The molecular weight excluding hydrogens is 397 g/mol. The highest BCUT2D eigenvalue weighted by atomic mass is 19.4. The van der Waals surface area contributed by atoms with Crippen LogP contribution < -0.4 is 10.6 Å². The molecule has 1 aliphatic heterocycles. The number of halogens is 3. The van der Waals surface area contributed by atoms with Crippen molar-refractivity contribution in [1.29, 1.82) is 0 Å². The third kappa shape index (κ3) is 5.57. The Hall–Kier alpha value is -3.88. The molecule has 2 aromatic carbocycles. The van der Waals surface area contributed by atoms with Gasteiger partial charge in [0.1, 0.15) is 5.82 Å². The molecule has 0 saturated heterocycles. The molecule has 0 spiro atoms. The highest BCUT2D eigenvalue weighted by Gasteiger charge is 2.38. The molecule has 3 N–H and O–H groups in total. The minimum atomic E-state index is -5.08. The van der Waals surface area contributed by atoms with Gasteiger partial charge in [0.25, 0.3) is 0 Å². The summed E-state index contributed by atoms with van der Waals surface area (Å²) in [6.45, 7) is 1.99. The first-order valence-electron chi connectivity index (χ1n) is 8.77. The van der Waals surface area contributed by atoms with Gasteiger partial charge < -0.3 is 15.7 Å². The van der Waals surface area contributed by atoms with E-state index in [9.17, 15) is 13.2 Å². The number of rotatable bonds is 0. The summed E-state index contributed by atoms with van der Waals surface area (Å²) in [5.41, 5.74) is 5.23. The van der Waals surface area contributed by atoms with Gasteiger partial charge in [-0.05, 0) is 42.3 Å². The third-order valence-corrected chi connectivity index (χ3v) is 3.97. The Kier molecular flexibility index (Phi) is 6.01. The summed E-state index contributed by atoms with van der Waals surface area (Å²) in [7, 11) is 0. The first kappa shape index (κ1) is 20.8. The third-order valence-electron chi connectivity index (χ3n) is 3.97. The summed E-state index contributed by atoms with van der Waals surface area (Å²) in [4.78, 5) is 17.8. The van der Waals surface area contributed by atoms with Crippen molar-refractivity contribution in [3.8, 4) is 0 Å². The molecule has 2 heterocycles. The number of aryl methyl sites for hydroxylation is 1. The Balaban J connectivity index is 0.000000318. The van der Waals surface area contributed by atoms with Gasteiger partial charge in [-0.25, -0.2) is 9.78 Å². The number of nitrogens with one attached hydrogen (secondary N) is 2. The van der Waals surface area contributed by atoms with Gasteiger partial charge in [0.05, 0.1) is 0 Å². The summed E-state index contributed by atoms with van der Waals surface area (Å²) in [5.74, 6) is -1.37. The van der Waals surface area contributed by atoms with Crippen LogP contribution in [-0.4, -0.2) is 27.2 Å². The van der Waals surface area contributed by atoms with Crippen LogP contribution in [0, 0.1) is 6.92 Å². The normalized spacial score (nSPS) is 13.1. The zero-order valence-electron chi connectivity index (χ0n) is 15.7. The number of aromatic nitrogens is 2. The van der Waals surface area contributed by atoms with Crippen LogP contribution in [0.3, 0.4) is 0 Å². The van der Waals surface area contributed by atoms with E-state index < -0.39 is 12.1 Å². The lowest BCUT2D eigenvalue weighted by Crippen LogP contribution is -2.21. The number of aliphatic carboxylic acids is 1. The zero-order chi connectivity index (χ0) is 21.7. The van der Waals surface area contributed by atoms with E-state index in [1.165, 1.54) is 0 Å². The molecule has 6 bridgehead atoms. The van der Waals surface area contributed by atoms with Crippen LogP contribution in [0.1, 0.15) is 16.7 Å². The molecule has 0 fully saturated rings. The predicted octanol–water partition coefficient (Wildman–Crippen LogP) is 5.39. The summed E-state index contributed by atoms with van der Waals surface area (Å²) < 4.78 is 31.7. The van der Waals surface area contributed by atoms with Crippen LogP contribution in [0.25, 0.3) is 12.2 Å². The van der Waals surface area contributed by atoms with Gasteiger partial charge in [-0.3, -0.25) is 0 Å². The van der Waals surface area contributed by atoms with Gasteiger partial charge in [0.15, 0.2) is 0 Å². The second-order valence-electron chi connectivity index (χ2n) is 6.36. The largest absolute Gasteiger partial charge is 0.490 e. The van der Waals surface area contributed by atoms with Crippen molar-refractivity contribution < 1.29 is 23.1 Å². The average Bonchev–Trinajstić information content (AvgIpc) is 2.69. The van der Waals surface area contributed by atoms with Crippen molar-refractivity contribution in [2.45, 2.75) is 13.1 Å². The molecule has 0 atom stereocenters. The lowest BCUT2D eigenvalue weighted by Gasteiger charge is -2.11. The van der Waals surface area contributed by atoms with Crippen LogP contribution in [0.15, 0.2) is 54.7 Å². The number of hydrogen-bond donors (Lipinski definition) is 3. The molecule has 9 heteroatoms. The number of anilines is 4. The van der Waals surface area contributed by atoms with Crippen LogP contribution >= 0.6 is 0 Å². The number of fused-ring (bicyclic) bond motifs is 6. The first-order valence-corrected chi connectivity index (χ1v) is 8.77. The lowest BCUT2D eigenvalue weighted by atomic mass is 10.1. The van der Waals surface area contributed by atoms with E-state index in [-0.39, 0.29) is 0 Å². The van der Waals surface area contributed by atoms with Gasteiger partial charge in [-0.2, -0.15) is 18.2 Å². The van der Waals surface area contributed by atoms with Crippen molar-refractivity contribution in [2.24, 2.45) is 0 Å².